The second-order valence-corrected chi connectivity index (χ2v) is 6.27. The average Bonchev–Trinajstić information content (AvgIpc) is 2.52. The molecule has 2 aromatic rings. The number of allylic oxidation sites excluding steroid dienone is 1. The smallest absolute Gasteiger partial charge is 0.221 e. The first-order valence-electron chi connectivity index (χ1n) is 7.37. The summed E-state index contributed by atoms with van der Waals surface area (Å²) in [6.45, 7) is 6.28. The van der Waals surface area contributed by atoms with Crippen LogP contribution in [0, 0.1) is 0 Å². The fourth-order valence-corrected chi connectivity index (χ4v) is 2.32. The maximum atomic E-state index is 10.6. The average molecular weight is 311 g/mol. The highest BCUT2D eigenvalue weighted by molar-refractivity contribution is 5.82. The van der Waals surface area contributed by atoms with Gasteiger partial charge in [0, 0.05) is 22.9 Å². The zero-order valence-corrected chi connectivity index (χ0v) is 13.8. The fraction of sp³-hybridized carbons (Fsp3) is 0.263. The highest BCUT2D eigenvalue weighted by Gasteiger charge is 2.20. The molecule has 0 aliphatic heterocycles. The number of hydrogen-bond acceptors (Lipinski definition) is 4. The molecular formula is C19H21NO3. The van der Waals surface area contributed by atoms with Crippen molar-refractivity contribution in [1.82, 2.24) is 4.98 Å². The van der Waals surface area contributed by atoms with E-state index in [0.717, 1.165) is 5.56 Å². The predicted molar refractivity (Wildman–Crippen MR) is 91.7 cm³/mol. The quantitative estimate of drug-likeness (QED) is 0.685. The summed E-state index contributed by atoms with van der Waals surface area (Å²) in [7, 11) is 1.55. The third-order valence-electron chi connectivity index (χ3n) is 3.61. The molecule has 1 aromatic heterocycles. The number of carbonyl (C=O) groups is 1. The first-order chi connectivity index (χ1) is 10.9. The lowest BCUT2D eigenvalue weighted by Gasteiger charge is -2.22. The molecule has 0 fully saturated rings. The molecule has 0 spiro atoms. The Hall–Kier alpha value is -2.62. The molecule has 2 rings (SSSR count). The Kier molecular flexibility index (Phi) is 4.84. The number of benzene rings is 1. The predicted octanol–water partition coefficient (Wildman–Crippen LogP) is 3.97. The Balaban J connectivity index is 2.76. The lowest BCUT2D eigenvalue weighted by atomic mass is 9.83. The van der Waals surface area contributed by atoms with Gasteiger partial charge in [-0.3, -0.25) is 4.79 Å². The zero-order valence-electron chi connectivity index (χ0n) is 13.8. The van der Waals surface area contributed by atoms with Crippen molar-refractivity contribution in [3.63, 3.8) is 0 Å². The van der Waals surface area contributed by atoms with Crippen LogP contribution in [0.15, 0.2) is 36.5 Å². The van der Waals surface area contributed by atoms with Gasteiger partial charge in [0.15, 0.2) is 0 Å². The molecule has 0 amide bonds. The van der Waals surface area contributed by atoms with E-state index < -0.39 is 0 Å². The molecule has 0 unspecified atom stereocenters. The van der Waals surface area contributed by atoms with Crippen LogP contribution >= 0.6 is 0 Å². The normalized spacial score (nSPS) is 11.7. The highest BCUT2D eigenvalue weighted by atomic mass is 16.5. The molecular weight excluding hydrogens is 290 g/mol. The Morgan fingerprint density at radius 3 is 2.57 bits per heavy atom. The monoisotopic (exact) mass is 311 g/mol. The van der Waals surface area contributed by atoms with Crippen LogP contribution in [0.4, 0.5) is 0 Å². The van der Waals surface area contributed by atoms with E-state index in [2.05, 4.69) is 25.8 Å². The van der Waals surface area contributed by atoms with Crippen molar-refractivity contribution in [2.24, 2.45) is 0 Å². The van der Waals surface area contributed by atoms with Crippen molar-refractivity contribution in [3.05, 3.63) is 47.7 Å². The summed E-state index contributed by atoms with van der Waals surface area (Å²) in [6.07, 6.45) is 5.30. The van der Waals surface area contributed by atoms with Gasteiger partial charge < -0.3 is 9.84 Å². The third-order valence-corrected chi connectivity index (χ3v) is 3.61. The van der Waals surface area contributed by atoms with Gasteiger partial charge in [0.2, 0.25) is 5.88 Å². The lowest BCUT2D eigenvalue weighted by Crippen LogP contribution is -2.11. The minimum Gasteiger partial charge on any atom is -0.507 e. The molecule has 23 heavy (non-hydrogen) atoms. The number of hydrogen-bond donors (Lipinski definition) is 1. The molecule has 1 aromatic carbocycles. The molecule has 4 nitrogen and oxygen atoms in total. The minimum absolute atomic E-state index is 0.0994. The number of phenols is 1. The van der Waals surface area contributed by atoms with Crippen LogP contribution in [-0.2, 0) is 10.2 Å². The van der Waals surface area contributed by atoms with Crippen LogP contribution in [-0.4, -0.2) is 23.5 Å². The number of carbonyl (C=O) groups excluding carboxylic acids is 1. The number of aldehydes is 1. The molecule has 0 atom stereocenters. The summed E-state index contributed by atoms with van der Waals surface area (Å²) in [6, 6.07) is 7.47. The molecule has 120 valence electrons. The van der Waals surface area contributed by atoms with E-state index in [1.54, 1.807) is 25.4 Å². The second kappa shape index (κ2) is 6.65. The van der Waals surface area contributed by atoms with E-state index in [9.17, 15) is 9.90 Å². The van der Waals surface area contributed by atoms with Crippen LogP contribution < -0.4 is 4.74 Å². The second-order valence-electron chi connectivity index (χ2n) is 6.27. The lowest BCUT2D eigenvalue weighted by molar-refractivity contribution is -0.104. The highest BCUT2D eigenvalue weighted by Crippen LogP contribution is 2.40. The van der Waals surface area contributed by atoms with Crippen LogP contribution in [0.1, 0.15) is 31.9 Å². The van der Waals surface area contributed by atoms with Gasteiger partial charge in [0.1, 0.15) is 12.0 Å². The van der Waals surface area contributed by atoms with Gasteiger partial charge in [-0.15, -0.1) is 0 Å². The Morgan fingerprint density at radius 1 is 1.22 bits per heavy atom. The molecule has 0 saturated heterocycles. The van der Waals surface area contributed by atoms with Gasteiger partial charge in [0.05, 0.1) is 7.11 Å². The van der Waals surface area contributed by atoms with Gasteiger partial charge >= 0.3 is 0 Å². The van der Waals surface area contributed by atoms with Crippen LogP contribution in [0.25, 0.3) is 17.2 Å². The van der Waals surface area contributed by atoms with Crippen LogP contribution in [0.5, 0.6) is 11.6 Å². The van der Waals surface area contributed by atoms with E-state index >= 15 is 0 Å². The van der Waals surface area contributed by atoms with Crippen molar-refractivity contribution in [2.45, 2.75) is 26.2 Å². The molecule has 0 radical (unpaired) electrons. The molecule has 0 aliphatic carbocycles. The van der Waals surface area contributed by atoms with Crippen LogP contribution in [0.2, 0.25) is 0 Å². The Morgan fingerprint density at radius 2 is 1.96 bits per heavy atom. The number of methoxy groups -OCH3 is 1. The summed E-state index contributed by atoms with van der Waals surface area (Å²) < 4.78 is 5.30. The van der Waals surface area contributed by atoms with Gasteiger partial charge in [0.25, 0.3) is 0 Å². The molecule has 4 heteroatoms. The number of aromatic nitrogens is 1. The zero-order chi connectivity index (χ0) is 17.0. The van der Waals surface area contributed by atoms with Crippen molar-refractivity contribution in [3.8, 4) is 22.8 Å². The fourth-order valence-electron chi connectivity index (χ4n) is 2.32. The number of ether oxygens (including phenoxy) is 1. The minimum atomic E-state index is -0.109. The molecule has 0 saturated carbocycles. The van der Waals surface area contributed by atoms with E-state index in [4.69, 9.17) is 4.74 Å². The molecule has 1 heterocycles. The Labute approximate surface area is 136 Å². The molecule has 1 N–H and O–H groups in total. The van der Waals surface area contributed by atoms with Gasteiger partial charge in [-0.1, -0.05) is 20.8 Å². The maximum Gasteiger partial charge on any atom is 0.221 e. The van der Waals surface area contributed by atoms with Crippen molar-refractivity contribution < 1.29 is 14.6 Å². The number of pyridine rings is 1. The standard InChI is InChI=1S/C19H21NO3/c1-19(2,3)14-11-13(7-6-10-21)17(22)16(12-14)15-8-5-9-20-18(15)23-4/h5-12,22H,1-4H3/b7-6+. The third kappa shape index (κ3) is 3.59. The van der Waals surface area contributed by atoms with Crippen molar-refractivity contribution >= 4 is 12.4 Å². The largest absolute Gasteiger partial charge is 0.507 e. The summed E-state index contributed by atoms with van der Waals surface area (Å²) in [5, 5.41) is 10.6. The summed E-state index contributed by atoms with van der Waals surface area (Å²) in [5.74, 6) is 0.543. The topological polar surface area (TPSA) is 59.4 Å². The molecule has 0 bridgehead atoms. The van der Waals surface area contributed by atoms with Gasteiger partial charge in [-0.25, -0.2) is 4.98 Å². The first kappa shape index (κ1) is 16.7. The Bertz CT molecular complexity index is 743. The number of aromatic hydroxyl groups is 1. The van der Waals surface area contributed by atoms with Crippen molar-refractivity contribution in [2.75, 3.05) is 7.11 Å². The summed E-state index contributed by atoms with van der Waals surface area (Å²) in [5.41, 5.74) is 2.86. The summed E-state index contributed by atoms with van der Waals surface area (Å²) in [4.78, 5) is 14.8. The van der Waals surface area contributed by atoms with E-state index in [1.165, 1.54) is 6.08 Å². The van der Waals surface area contributed by atoms with Crippen LogP contribution in [0.3, 0.4) is 0 Å². The van der Waals surface area contributed by atoms with E-state index in [1.807, 2.05) is 18.2 Å². The van der Waals surface area contributed by atoms with E-state index in [-0.39, 0.29) is 11.2 Å². The first-order valence-corrected chi connectivity index (χ1v) is 7.37. The number of nitrogens with zero attached hydrogens (tertiary/aromatic N) is 1. The van der Waals surface area contributed by atoms with Crippen molar-refractivity contribution in [1.29, 1.82) is 0 Å². The summed E-state index contributed by atoms with van der Waals surface area (Å²) >= 11 is 0. The number of rotatable bonds is 4. The van der Waals surface area contributed by atoms with E-state index in [0.29, 0.717) is 28.9 Å². The van der Waals surface area contributed by atoms with Gasteiger partial charge in [-0.05, 0) is 47.4 Å². The molecule has 0 aliphatic rings. The SMILES string of the molecule is COc1ncccc1-c1cc(C(C)(C)C)cc(/C=C/C=O)c1O. The van der Waals surface area contributed by atoms with Gasteiger partial charge in [-0.2, -0.15) is 0 Å². The maximum absolute atomic E-state index is 10.6. The number of phenolic OH excluding ortho intramolecular Hbond substituents is 1.